The van der Waals surface area contributed by atoms with Gasteiger partial charge in [-0.1, -0.05) is 24.2 Å². The molecule has 7 nitrogen and oxygen atoms in total. The van der Waals surface area contributed by atoms with Crippen molar-refractivity contribution >= 4 is 17.4 Å². The molecule has 1 aliphatic rings. The van der Waals surface area contributed by atoms with E-state index in [2.05, 4.69) is 52.4 Å². The second-order valence-corrected chi connectivity index (χ2v) is 7.64. The fraction of sp³-hybridized carbons (Fsp3) is 0.348. The summed E-state index contributed by atoms with van der Waals surface area (Å²) in [5.41, 5.74) is 5.40. The molecule has 0 saturated carbocycles. The topological polar surface area (TPSA) is 74.5 Å². The lowest BCUT2D eigenvalue weighted by Gasteiger charge is -2.36. The van der Waals surface area contributed by atoms with Crippen LogP contribution in [0.4, 0.5) is 16.2 Å². The Kier molecular flexibility index (Phi) is 5.70. The number of nitrogens with zero attached hydrogens (tertiary/aromatic N) is 4. The number of hydrogen-bond donors (Lipinski definition) is 1. The van der Waals surface area contributed by atoms with Crippen LogP contribution in [0.2, 0.25) is 0 Å². The molecule has 0 bridgehead atoms. The van der Waals surface area contributed by atoms with Gasteiger partial charge in [0, 0.05) is 49.5 Å². The van der Waals surface area contributed by atoms with Crippen molar-refractivity contribution in [3.63, 3.8) is 0 Å². The van der Waals surface area contributed by atoms with Crippen LogP contribution >= 0.6 is 0 Å². The molecule has 1 fully saturated rings. The highest BCUT2D eigenvalue weighted by Gasteiger charge is 2.22. The van der Waals surface area contributed by atoms with Gasteiger partial charge < -0.3 is 19.6 Å². The van der Waals surface area contributed by atoms with Gasteiger partial charge in [0.05, 0.1) is 0 Å². The van der Waals surface area contributed by atoms with E-state index >= 15 is 0 Å². The molecule has 0 unspecified atom stereocenters. The Balaban J connectivity index is 1.34. The summed E-state index contributed by atoms with van der Waals surface area (Å²) in [5, 5.41) is 6.96. The van der Waals surface area contributed by atoms with Crippen molar-refractivity contribution in [2.24, 2.45) is 0 Å². The minimum Gasteiger partial charge on any atom is -0.368 e. The number of urea groups is 1. The van der Waals surface area contributed by atoms with Gasteiger partial charge in [0.2, 0.25) is 11.7 Å². The molecule has 0 aliphatic carbocycles. The first-order valence-electron chi connectivity index (χ1n) is 10.3. The van der Waals surface area contributed by atoms with E-state index in [0.717, 1.165) is 24.3 Å². The highest BCUT2D eigenvalue weighted by molar-refractivity contribution is 5.89. The Bertz CT molecular complexity index is 1020. The molecule has 1 saturated heterocycles. The zero-order valence-corrected chi connectivity index (χ0v) is 17.7. The largest absolute Gasteiger partial charge is 0.368 e. The van der Waals surface area contributed by atoms with Crippen LogP contribution in [0, 0.1) is 13.8 Å². The first-order valence-corrected chi connectivity index (χ1v) is 10.3. The van der Waals surface area contributed by atoms with Crippen LogP contribution in [-0.2, 0) is 6.42 Å². The van der Waals surface area contributed by atoms with E-state index in [1.54, 1.807) is 0 Å². The second kappa shape index (κ2) is 8.57. The fourth-order valence-electron chi connectivity index (χ4n) is 3.63. The van der Waals surface area contributed by atoms with Crippen LogP contribution < -0.4 is 10.2 Å². The Morgan fingerprint density at radius 2 is 1.80 bits per heavy atom. The molecule has 2 heterocycles. The number of nitrogens with one attached hydrogen (secondary N) is 1. The molecule has 156 valence electrons. The van der Waals surface area contributed by atoms with E-state index < -0.39 is 0 Å². The maximum atomic E-state index is 12.7. The molecule has 2 amide bonds. The van der Waals surface area contributed by atoms with Gasteiger partial charge in [0.15, 0.2) is 0 Å². The predicted molar refractivity (Wildman–Crippen MR) is 118 cm³/mol. The van der Waals surface area contributed by atoms with Crippen molar-refractivity contribution in [3.05, 3.63) is 59.5 Å². The van der Waals surface area contributed by atoms with Crippen LogP contribution in [0.1, 0.15) is 23.9 Å². The summed E-state index contributed by atoms with van der Waals surface area (Å²) in [7, 11) is 0. The van der Waals surface area contributed by atoms with Gasteiger partial charge in [-0.25, -0.2) is 4.79 Å². The van der Waals surface area contributed by atoms with Crippen molar-refractivity contribution < 1.29 is 9.32 Å². The lowest BCUT2D eigenvalue weighted by molar-refractivity contribution is 0.208. The summed E-state index contributed by atoms with van der Waals surface area (Å²) >= 11 is 0. The highest BCUT2D eigenvalue weighted by atomic mass is 16.5. The average Bonchev–Trinajstić information content (AvgIpc) is 3.25. The number of aryl methyl sites for hydroxylation is 3. The summed E-state index contributed by atoms with van der Waals surface area (Å²) < 4.78 is 5.16. The van der Waals surface area contributed by atoms with Crippen molar-refractivity contribution in [3.8, 4) is 11.4 Å². The van der Waals surface area contributed by atoms with Gasteiger partial charge in [0.25, 0.3) is 0 Å². The standard InChI is InChI=1S/C23H27N5O2/c1-4-21-25-22(26-30-21)18-7-9-19(10-8-18)24-23(29)28-13-11-27(12-14-28)20-15-16(2)5-6-17(20)3/h5-10,15H,4,11-14H2,1-3H3,(H,24,29). The van der Waals surface area contributed by atoms with Crippen LogP contribution in [0.3, 0.4) is 0 Å². The van der Waals surface area contributed by atoms with Gasteiger partial charge in [-0.05, 0) is 55.3 Å². The molecular formula is C23H27N5O2. The zero-order chi connectivity index (χ0) is 21.1. The number of hydrogen-bond acceptors (Lipinski definition) is 5. The maximum Gasteiger partial charge on any atom is 0.321 e. The van der Waals surface area contributed by atoms with Crippen molar-refractivity contribution in [2.75, 3.05) is 36.4 Å². The zero-order valence-electron chi connectivity index (χ0n) is 17.7. The first kappa shape index (κ1) is 19.9. The molecule has 30 heavy (non-hydrogen) atoms. The van der Waals surface area contributed by atoms with Crippen molar-refractivity contribution in [2.45, 2.75) is 27.2 Å². The Labute approximate surface area is 176 Å². The molecule has 0 spiro atoms. The van der Waals surface area contributed by atoms with Gasteiger partial charge in [-0.3, -0.25) is 0 Å². The molecular weight excluding hydrogens is 378 g/mol. The molecule has 1 aromatic heterocycles. The predicted octanol–water partition coefficient (Wildman–Crippen LogP) is 4.27. The van der Waals surface area contributed by atoms with Crippen LogP contribution in [0.5, 0.6) is 0 Å². The summed E-state index contributed by atoms with van der Waals surface area (Å²) in [5.74, 6) is 1.18. The van der Waals surface area contributed by atoms with Crippen LogP contribution in [-0.4, -0.2) is 47.3 Å². The summed E-state index contributed by atoms with van der Waals surface area (Å²) in [6.45, 7) is 9.26. The van der Waals surface area contributed by atoms with Crippen LogP contribution in [0.15, 0.2) is 47.0 Å². The lowest BCUT2D eigenvalue weighted by atomic mass is 10.1. The van der Waals surface area contributed by atoms with E-state index in [1.807, 2.05) is 36.1 Å². The van der Waals surface area contributed by atoms with Gasteiger partial charge in [-0.15, -0.1) is 0 Å². The summed E-state index contributed by atoms with van der Waals surface area (Å²) in [4.78, 5) is 21.2. The highest BCUT2D eigenvalue weighted by Crippen LogP contribution is 2.23. The molecule has 7 heteroatoms. The number of anilines is 2. The van der Waals surface area contributed by atoms with Gasteiger partial charge in [0.1, 0.15) is 0 Å². The van der Waals surface area contributed by atoms with Crippen LogP contribution in [0.25, 0.3) is 11.4 Å². The summed E-state index contributed by atoms with van der Waals surface area (Å²) in [6.07, 6.45) is 0.706. The normalized spacial score (nSPS) is 14.1. The van der Waals surface area contributed by atoms with Gasteiger partial charge in [-0.2, -0.15) is 4.98 Å². The van der Waals surface area contributed by atoms with E-state index in [1.165, 1.54) is 16.8 Å². The van der Waals surface area contributed by atoms with E-state index in [9.17, 15) is 4.79 Å². The fourth-order valence-corrected chi connectivity index (χ4v) is 3.63. The van der Waals surface area contributed by atoms with E-state index in [0.29, 0.717) is 31.2 Å². The molecule has 0 radical (unpaired) electrons. The average molecular weight is 406 g/mol. The smallest absolute Gasteiger partial charge is 0.321 e. The molecule has 1 aliphatic heterocycles. The number of carbonyl (C=O) groups is 1. The quantitative estimate of drug-likeness (QED) is 0.702. The van der Waals surface area contributed by atoms with Crippen molar-refractivity contribution in [1.82, 2.24) is 15.0 Å². The third-order valence-electron chi connectivity index (χ3n) is 5.44. The number of benzene rings is 2. The molecule has 0 atom stereocenters. The second-order valence-electron chi connectivity index (χ2n) is 7.64. The molecule has 1 N–H and O–H groups in total. The monoisotopic (exact) mass is 405 g/mol. The summed E-state index contributed by atoms with van der Waals surface area (Å²) in [6, 6.07) is 13.9. The van der Waals surface area contributed by atoms with Crippen molar-refractivity contribution in [1.29, 1.82) is 0 Å². The minimum absolute atomic E-state index is 0.0730. The molecule has 3 aromatic rings. The van der Waals surface area contributed by atoms with E-state index in [4.69, 9.17) is 4.52 Å². The third-order valence-corrected chi connectivity index (χ3v) is 5.44. The van der Waals surface area contributed by atoms with E-state index in [-0.39, 0.29) is 6.03 Å². The minimum atomic E-state index is -0.0730. The SMILES string of the molecule is CCc1nc(-c2ccc(NC(=O)N3CCN(c4cc(C)ccc4C)CC3)cc2)no1. The maximum absolute atomic E-state index is 12.7. The lowest BCUT2D eigenvalue weighted by Crippen LogP contribution is -2.50. The Hall–Kier alpha value is -3.35. The number of aromatic nitrogens is 2. The molecule has 4 rings (SSSR count). The Morgan fingerprint density at radius 1 is 1.07 bits per heavy atom. The number of amides is 2. The number of piperazine rings is 1. The first-order chi connectivity index (χ1) is 14.5. The molecule has 2 aromatic carbocycles. The number of rotatable bonds is 4. The Morgan fingerprint density at radius 3 is 2.47 bits per heavy atom. The van der Waals surface area contributed by atoms with Gasteiger partial charge >= 0.3 is 6.03 Å². The third kappa shape index (κ3) is 4.30. The number of carbonyl (C=O) groups excluding carboxylic acids is 1.